The van der Waals surface area contributed by atoms with Crippen molar-refractivity contribution in [1.29, 1.82) is 0 Å². The molecule has 2 rings (SSSR count). The highest BCUT2D eigenvalue weighted by atomic mass is 16.6. The number of Topliss-reactive ketones (excluding diaryl/α,β-unsaturated/α-hetero) is 1. The van der Waals surface area contributed by atoms with Crippen LogP contribution in [0.5, 0.6) is 11.5 Å². The summed E-state index contributed by atoms with van der Waals surface area (Å²) in [7, 11) is 0. The van der Waals surface area contributed by atoms with Crippen molar-refractivity contribution in [1.82, 2.24) is 0 Å². The van der Waals surface area contributed by atoms with Crippen molar-refractivity contribution in [2.45, 2.75) is 13.3 Å². The largest absolute Gasteiger partial charge is 0.508 e. The maximum atomic E-state index is 12.1. The molecule has 0 aliphatic rings. The van der Waals surface area contributed by atoms with Crippen molar-refractivity contribution in [3.63, 3.8) is 0 Å². The van der Waals surface area contributed by atoms with Gasteiger partial charge >= 0.3 is 5.97 Å². The molecule has 0 atom stereocenters. The molecule has 0 saturated carbocycles. The highest BCUT2D eigenvalue weighted by molar-refractivity contribution is 5.91. The van der Waals surface area contributed by atoms with Crippen LogP contribution < -0.4 is 4.74 Å². The third kappa shape index (κ3) is 4.13. The van der Waals surface area contributed by atoms with E-state index >= 15 is 0 Å². The normalized spacial score (nSPS) is 10.1. The first kappa shape index (κ1) is 16.2. The van der Waals surface area contributed by atoms with Crippen molar-refractivity contribution in [2.75, 3.05) is 0 Å². The summed E-state index contributed by atoms with van der Waals surface area (Å²) in [6.45, 7) is 1.38. The zero-order valence-corrected chi connectivity index (χ0v) is 12.2. The molecule has 7 nitrogen and oxygen atoms in total. The monoisotopic (exact) mass is 315 g/mol. The SMILES string of the molecule is CC(=O)Cc1cc(O)ccc1OC(=O)c1ccc([N+](=O)[O-])cc1. The van der Waals surface area contributed by atoms with Gasteiger partial charge in [-0.15, -0.1) is 0 Å². The van der Waals surface area contributed by atoms with Gasteiger partial charge in [-0.2, -0.15) is 0 Å². The Morgan fingerprint density at radius 1 is 1.17 bits per heavy atom. The highest BCUT2D eigenvalue weighted by Crippen LogP contribution is 2.25. The Balaban J connectivity index is 2.22. The van der Waals surface area contributed by atoms with Crippen LogP contribution in [0.25, 0.3) is 0 Å². The summed E-state index contributed by atoms with van der Waals surface area (Å²) in [5, 5.41) is 20.1. The highest BCUT2D eigenvalue weighted by Gasteiger charge is 2.15. The van der Waals surface area contributed by atoms with Crippen LogP contribution in [0.15, 0.2) is 42.5 Å². The lowest BCUT2D eigenvalue weighted by molar-refractivity contribution is -0.384. The number of benzene rings is 2. The smallest absolute Gasteiger partial charge is 0.343 e. The number of nitro groups is 1. The Labute approximate surface area is 131 Å². The Morgan fingerprint density at radius 3 is 2.39 bits per heavy atom. The van der Waals surface area contributed by atoms with Crippen molar-refractivity contribution in [2.24, 2.45) is 0 Å². The van der Waals surface area contributed by atoms with E-state index < -0.39 is 10.9 Å². The lowest BCUT2D eigenvalue weighted by atomic mass is 10.1. The van der Waals surface area contributed by atoms with Crippen LogP contribution in [0.3, 0.4) is 0 Å². The van der Waals surface area contributed by atoms with Gasteiger partial charge in [0.15, 0.2) is 0 Å². The summed E-state index contributed by atoms with van der Waals surface area (Å²) in [5.74, 6) is -0.753. The average Bonchev–Trinajstić information content (AvgIpc) is 2.49. The Bertz CT molecular complexity index is 767. The fourth-order valence-corrected chi connectivity index (χ4v) is 1.95. The number of nitro benzene ring substituents is 1. The minimum Gasteiger partial charge on any atom is -0.508 e. The molecule has 7 heteroatoms. The first-order chi connectivity index (χ1) is 10.9. The lowest BCUT2D eigenvalue weighted by Gasteiger charge is -2.09. The van der Waals surface area contributed by atoms with E-state index in [9.17, 15) is 24.8 Å². The molecule has 0 radical (unpaired) electrons. The van der Waals surface area contributed by atoms with Gasteiger partial charge in [0, 0.05) is 24.1 Å². The Morgan fingerprint density at radius 2 is 1.83 bits per heavy atom. The molecular formula is C16H13NO6. The number of non-ortho nitro benzene ring substituents is 1. The van der Waals surface area contributed by atoms with Crippen LogP contribution in [0.1, 0.15) is 22.8 Å². The van der Waals surface area contributed by atoms with Gasteiger partial charge < -0.3 is 9.84 Å². The molecule has 0 aromatic heterocycles. The number of carbonyl (C=O) groups excluding carboxylic acids is 2. The Kier molecular flexibility index (Phi) is 4.70. The topological polar surface area (TPSA) is 107 Å². The second kappa shape index (κ2) is 6.69. The van der Waals surface area contributed by atoms with Gasteiger partial charge in [0.2, 0.25) is 0 Å². The number of ketones is 1. The fraction of sp³-hybridized carbons (Fsp3) is 0.125. The summed E-state index contributed by atoms with van der Waals surface area (Å²) < 4.78 is 5.22. The second-order valence-corrected chi connectivity index (χ2v) is 4.86. The maximum Gasteiger partial charge on any atom is 0.343 e. The lowest BCUT2D eigenvalue weighted by Crippen LogP contribution is -2.10. The number of phenolic OH excluding ortho intramolecular Hbond substituents is 1. The molecule has 0 fully saturated rings. The molecule has 0 saturated heterocycles. The zero-order valence-electron chi connectivity index (χ0n) is 12.2. The van der Waals surface area contributed by atoms with E-state index in [4.69, 9.17) is 4.74 Å². The average molecular weight is 315 g/mol. The molecule has 118 valence electrons. The fourth-order valence-electron chi connectivity index (χ4n) is 1.95. The number of esters is 1. The molecule has 2 aromatic carbocycles. The third-order valence-corrected chi connectivity index (χ3v) is 3.00. The van der Waals surface area contributed by atoms with Gasteiger partial charge in [-0.1, -0.05) is 0 Å². The number of nitrogens with zero attached hydrogens (tertiary/aromatic N) is 1. The van der Waals surface area contributed by atoms with Crippen LogP contribution in [-0.4, -0.2) is 21.8 Å². The van der Waals surface area contributed by atoms with Crippen molar-refractivity contribution in [3.8, 4) is 11.5 Å². The first-order valence-corrected chi connectivity index (χ1v) is 6.65. The summed E-state index contributed by atoms with van der Waals surface area (Å²) >= 11 is 0. The minimum atomic E-state index is -0.713. The molecule has 0 aliphatic carbocycles. The number of hydrogen-bond acceptors (Lipinski definition) is 6. The van der Waals surface area contributed by atoms with Crippen LogP contribution in [-0.2, 0) is 11.2 Å². The van der Waals surface area contributed by atoms with Gasteiger partial charge in [0.1, 0.15) is 17.3 Å². The van der Waals surface area contributed by atoms with Crippen LogP contribution in [0.4, 0.5) is 5.69 Å². The molecule has 23 heavy (non-hydrogen) atoms. The molecule has 0 spiro atoms. The van der Waals surface area contributed by atoms with E-state index in [-0.39, 0.29) is 35.0 Å². The molecule has 1 N–H and O–H groups in total. The van der Waals surface area contributed by atoms with E-state index in [0.29, 0.717) is 5.56 Å². The van der Waals surface area contributed by atoms with Gasteiger partial charge in [-0.3, -0.25) is 14.9 Å². The van der Waals surface area contributed by atoms with Crippen LogP contribution >= 0.6 is 0 Å². The molecule has 0 bridgehead atoms. The maximum absolute atomic E-state index is 12.1. The second-order valence-electron chi connectivity index (χ2n) is 4.86. The van der Waals surface area contributed by atoms with Gasteiger partial charge in [0.05, 0.1) is 10.5 Å². The molecule has 0 amide bonds. The van der Waals surface area contributed by atoms with Crippen LogP contribution in [0, 0.1) is 10.1 Å². The number of rotatable bonds is 5. The molecular weight excluding hydrogens is 302 g/mol. The van der Waals surface area contributed by atoms with Crippen molar-refractivity contribution >= 4 is 17.4 Å². The van der Waals surface area contributed by atoms with E-state index in [1.54, 1.807) is 0 Å². The summed E-state index contributed by atoms with van der Waals surface area (Å²) in [5.41, 5.74) is 0.383. The molecule has 0 unspecified atom stereocenters. The third-order valence-electron chi connectivity index (χ3n) is 3.00. The van der Waals surface area contributed by atoms with Gasteiger partial charge in [0.25, 0.3) is 5.69 Å². The predicted octanol–water partition coefficient (Wildman–Crippen LogP) is 2.65. The first-order valence-electron chi connectivity index (χ1n) is 6.65. The van der Waals surface area contributed by atoms with E-state index in [1.165, 1.54) is 49.4 Å². The number of aromatic hydroxyl groups is 1. The molecule has 0 heterocycles. The summed E-state index contributed by atoms with van der Waals surface area (Å²) in [4.78, 5) is 33.3. The number of ether oxygens (including phenoxy) is 1. The number of hydrogen-bond donors (Lipinski definition) is 1. The van der Waals surface area contributed by atoms with Gasteiger partial charge in [-0.25, -0.2) is 4.79 Å². The predicted molar refractivity (Wildman–Crippen MR) is 80.5 cm³/mol. The number of phenols is 1. The van der Waals surface area contributed by atoms with Gasteiger partial charge in [-0.05, 0) is 37.3 Å². The van der Waals surface area contributed by atoms with Crippen LogP contribution in [0.2, 0.25) is 0 Å². The summed E-state index contributed by atoms with van der Waals surface area (Å²) in [6.07, 6.45) is 0.0112. The molecule has 0 aliphatic heterocycles. The van der Waals surface area contributed by atoms with E-state index in [0.717, 1.165) is 0 Å². The van der Waals surface area contributed by atoms with Crippen molar-refractivity contribution < 1.29 is 24.4 Å². The quantitative estimate of drug-likeness (QED) is 0.393. The van der Waals surface area contributed by atoms with E-state index in [2.05, 4.69) is 0 Å². The minimum absolute atomic E-state index is 0.0112. The van der Waals surface area contributed by atoms with E-state index in [1.807, 2.05) is 0 Å². The van der Waals surface area contributed by atoms with Crippen molar-refractivity contribution in [3.05, 3.63) is 63.7 Å². The standard InChI is InChI=1S/C16H13NO6/c1-10(18)8-12-9-14(19)6-7-15(12)23-16(20)11-2-4-13(5-3-11)17(21)22/h2-7,9,19H,8H2,1H3. The molecule has 2 aromatic rings. The number of carbonyl (C=O) groups is 2. The zero-order chi connectivity index (χ0) is 17.0. The summed E-state index contributed by atoms with van der Waals surface area (Å²) in [6, 6.07) is 9.03. The Hall–Kier alpha value is -3.22.